The average molecular weight is 441 g/mol. The number of anilines is 2. The second-order valence-electron chi connectivity index (χ2n) is 6.82. The van der Waals surface area contributed by atoms with Gasteiger partial charge >= 0.3 is 0 Å². The predicted octanol–water partition coefficient (Wildman–Crippen LogP) is 4.69. The maximum absolute atomic E-state index is 12.6. The molecule has 0 spiro atoms. The van der Waals surface area contributed by atoms with Crippen molar-refractivity contribution >= 4 is 49.9 Å². The van der Waals surface area contributed by atoms with E-state index >= 15 is 0 Å². The Balaban J connectivity index is 1.32. The number of fused-ring (bicyclic) bond motifs is 1. The third-order valence-electron chi connectivity index (χ3n) is 4.79. The molecular formula is C21H17ClN4O3S. The van der Waals surface area contributed by atoms with Gasteiger partial charge in [0.25, 0.3) is 5.91 Å². The van der Waals surface area contributed by atoms with Gasteiger partial charge < -0.3 is 19.5 Å². The van der Waals surface area contributed by atoms with E-state index < -0.39 is 0 Å². The summed E-state index contributed by atoms with van der Waals surface area (Å²) >= 11 is 7.52. The molecule has 1 N–H and O–H groups in total. The Morgan fingerprint density at radius 1 is 1.10 bits per heavy atom. The molecule has 3 heterocycles. The van der Waals surface area contributed by atoms with Crippen LogP contribution in [0.25, 0.3) is 21.5 Å². The highest BCUT2D eigenvalue weighted by molar-refractivity contribution is 7.22. The monoisotopic (exact) mass is 440 g/mol. The van der Waals surface area contributed by atoms with Crippen LogP contribution in [0.5, 0.6) is 0 Å². The zero-order valence-electron chi connectivity index (χ0n) is 15.8. The number of thiazole rings is 1. The summed E-state index contributed by atoms with van der Waals surface area (Å²) < 4.78 is 11.7. The zero-order valence-corrected chi connectivity index (χ0v) is 17.4. The Morgan fingerprint density at radius 2 is 1.90 bits per heavy atom. The largest absolute Gasteiger partial charge is 0.378 e. The van der Waals surface area contributed by atoms with Crippen molar-refractivity contribution in [3.63, 3.8) is 0 Å². The van der Waals surface area contributed by atoms with Crippen molar-refractivity contribution in [1.29, 1.82) is 0 Å². The number of ether oxygens (including phenoxy) is 1. The molecule has 1 aliphatic rings. The van der Waals surface area contributed by atoms with Crippen molar-refractivity contribution in [3.05, 3.63) is 59.2 Å². The highest BCUT2D eigenvalue weighted by Gasteiger charge is 2.17. The first-order valence-electron chi connectivity index (χ1n) is 9.43. The summed E-state index contributed by atoms with van der Waals surface area (Å²) in [5.41, 5.74) is 2.60. The molecule has 0 radical (unpaired) electrons. The van der Waals surface area contributed by atoms with Crippen molar-refractivity contribution in [1.82, 2.24) is 10.1 Å². The number of benzene rings is 2. The van der Waals surface area contributed by atoms with Crippen molar-refractivity contribution in [3.8, 4) is 11.3 Å². The smallest absolute Gasteiger partial charge is 0.277 e. The number of hydrogen-bond donors (Lipinski definition) is 1. The van der Waals surface area contributed by atoms with Gasteiger partial charge in [-0.15, -0.1) is 0 Å². The molecule has 152 valence electrons. The molecule has 1 amide bonds. The van der Waals surface area contributed by atoms with Crippen LogP contribution in [0, 0.1) is 0 Å². The quantitative estimate of drug-likeness (QED) is 0.495. The molecule has 2 aromatic carbocycles. The van der Waals surface area contributed by atoms with E-state index in [4.69, 9.17) is 25.8 Å². The Labute approximate surface area is 181 Å². The lowest BCUT2D eigenvalue weighted by Gasteiger charge is -2.25. The van der Waals surface area contributed by atoms with Gasteiger partial charge in [0, 0.05) is 35.4 Å². The van der Waals surface area contributed by atoms with E-state index in [-0.39, 0.29) is 11.6 Å². The molecule has 5 rings (SSSR count). The summed E-state index contributed by atoms with van der Waals surface area (Å²) in [7, 11) is 0. The number of amides is 1. The Bertz CT molecular complexity index is 1200. The fraction of sp³-hybridized carbons (Fsp3) is 0.190. The zero-order chi connectivity index (χ0) is 20.5. The predicted molar refractivity (Wildman–Crippen MR) is 118 cm³/mol. The highest BCUT2D eigenvalue weighted by Crippen LogP contribution is 2.31. The average Bonchev–Trinajstić information content (AvgIpc) is 3.42. The first kappa shape index (κ1) is 19.0. The first-order valence-corrected chi connectivity index (χ1v) is 10.6. The number of halogens is 1. The van der Waals surface area contributed by atoms with Gasteiger partial charge in [-0.25, -0.2) is 4.98 Å². The SMILES string of the molecule is O=C(Nc1ccc2nc(N3CCOCC3)sc2c1)c1cc(-c2ccc(Cl)cc2)on1. The summed E-state index contributed by atoms with van der Waals surface area (Å²) in [6.45, 7) is 3.11. The van der Waals surface area contributed by atoms with E-state index in [1.54, 1.807) is 29.5 Å². The van der Waals surface area contributed by atoms with Crippen LogP contribution in [0.4, 0.5) is 10.8 Å². The van der Waals surface area contributed by atoms with E-state index in [0.29, 0.717) is 29.7 Å². The van der Waals surface area contributed by atoms with Crippen LogP contribution in [-0.2, 0) is 4.74 Å². The number of nitrogens with zero attached hydrogens (tertiary/aromatic N) is 3. The molecule has 1 saturated heterocycles. The minimum absolute atomic E-state index is 0.207. The second-order valence-corrected chi connectivity index (χ2v) is 8.26. The fourth-order valence-electron chi connectivity index (χ4n) is 3.21. The number of carbonyl (C=O) groups excluding carboxylic acids is 1. The lowest BCUT2D eigenvalue weighted by molar-refractivity contribution is 0.101. The third kappa shape index (κ3) is 3.89. The number of rotatable bonds is 4. The molecule has 4 aromatic rings. The van der Waals surface area contributed by atoms with Crippen LogP contribution >= 0.6 is 22.9 Å². The molecule has 0 unspecified atom stereocenters. The van der Waals surface area contributed by atoms with Gasteiger partial charge in [-0.05, 0) is 42.5 Å². The van der Waals surface area contributed by atoms with Crippen LogP contribution < -0.4 is 10.2 Å². The molecule has 0 bridgehead atoms. The van der Waals surface area contributed by atoms with Gasteiger partial charge in [0.15, 0.2) is 16.6 Å². The molecule has 1 aliphatic heterocycles. The minimum Gasteiger partial charge on any atom is -0.378 e. The Morgan fingerprint density at radius 3 is 2.70 bits per heavy atom. The van der Waals surface area contributed by atoms with Gasteiger partial charge in [0.05, 0.1) is 23.4 Å². The van der Waals surface area contributed by atoms with Crippen LogP contribution in [0.15, 0.2) is 53.1 Å². The van der Waals surface area contributed by atoms with Gasteiger partial charge in [0.1, 0.15) is 0 Å². The van der Waals surface area contributed by atoms with Gasteiger partial charge in [0.2, 0.25) is 0 Å². The number of hydrogen-bond acceptors (Lipinski definition) is 7. The Kier molecular flexibility index (Phi) is 5.12. The molecule has 30 heavy (non-hydrogen) atoms. The second kappa shape index (κ2) is 8.06. The summed E-state index contributed by atoms with van der Waals surface area (Å²) in [6, 6.07) is 14.4. The maximum atomic E-state index is 12.6. The normalized spacial score (nSPS) is 14.2. The molecule has 0 atom stereocenters. The van der Waals surface area contributed by atoms with E-state index in [1.165, 1.54) is 0 Å². The first-order chi connectivity index (χ1) is 14.7. The number of aromatic nitrogens is 2. The van der Waals surface area contributed by atoms with E-state index in [2.05, 4.69) is 15.4 Å². The number of carbonyl (C=O) groups is 1. The molecule has 1 fully saturated rings. The van der Waals surface area contributed by atoms with Crippen molar-refractivity contribution in [2.24, 2.45) is 0 Å². The van der Waals surface area contributed by atoms with Crippen LogP contribution in [0.1, 0.15) is 10.5 Å². The van der Waals surface area contributed by atoms with Crippen molar-refractivity contribution in [2.45, 2.75) is 0 Å². The van der Waals surface area contributed by atoms with Crippen LogP contribution in [0.3, 0.4) is 0 Å². The minimum atomic E-state index is -0.337. The third-order valence-corrected chi connectivity index (χ3v) is 6.12. The summed E-state index contributed by atoms with van der Waals surface area (Å²) in [5, 5.41) is 8.37. The van der Waals surface area contributed by atoms with Crippen LogP contribution in [0.2, 0.25) is 5.02 Å². The lowest BCUT2D eigenvalue weighted by atomic mass is 10.1. The number of morpholine rings is 1. The van der Waals surface area contributed by atoms with Gasteiger partial charge in [-0.3, -0.25) is 4.79 Å². The molecule has 9 heteroatoms. The van der Waals surface area contributed by atoms with Crippen molar-refractivity contribution in [2.75, 3.05) is 36.5 Å². The summed E-state index contributed by atoms with van der Waals surface area (Å²) in [4.78, 5) is 19.5. The molecule has 7 nitrogen and oxygen atoms in total. The van der Waals surface area contributed by atoms with Gasteiger partial charge in [-0.2, -0.15) is 0 Å². The maximum Gasteiger partial charge on any atom is 0.277 e. The number of nitrogens with one attached hydrogen (secondary N) is 1. The molecule has 2 aromatic heterocycles. The fourth-order valence-corrected chi connectivity index (χ4v) is 4.39. The summed E-state index contributed by atoms with van der Waals surface area (Å²) in [5.74, 6) is 0.168. The van der Waals surface area contributed by atoms with E-state index in [1.807, 2.05) is 30.3 Å². The molecular weight excluding hydrogens is 424 g/mol. The lowest BCUT2D eigenvalue weighted by Crippen LogP contribution is -2.36. The van der Waals surface area contributed by atoms with E-state index in [9.17, 15) is 4.79 Å². The summed E-state index contributed by atoms with van der Waals surface area (Å²) in [6.07, 6.45) is 0. The molecule has 0 aliphatic carbocycles. The van der Waals surface area contributed by atoms with E-state index in [0.717, 1.165) is 34.0 Å². The molecule has 0 saturated carbocycles. The highest BCUT2D eigenvalue weighted by atomic mass is 35.5. The topological polar surface area (TPSA) is 80.5 Å². The van der Waals surface area contributed by atoms with Crippen LogP contribution in [-0.4, -0.2) is 42.4 Å². The Hall–Kier alpha value is -2.94. The van der Waals surface area contributed by atoms with Gasteiger partial charge in [-0.1, -0.05) is 28.1 Å². The standard InChI is InChI=1S/C21H17ClN4O3S/c22-14-3-1-13(2-4-14)18-12-17(25-29-18)20(27)23-15-5-6-16-19(11-15)30-21(24-16)26-7-9-28-10-8-26/h1-6,11-12H,7-10H2,(H,23,27). The van der Waals surface area contributed by atoms with Crippen molar-refractivity contribution < 1.29 is 14.1 Å².